The van der Waals surface area contributed by atoms with Gasteiger partial charge in [0.05, 0.1) is 18.2 Å². The third-order valence-corrected chi connectivity index (χ3v) is 10.3. The monoisotopic (exact) mass is 757 g/mol. The molecule has 1 spiro atoms. The fourth-order valence-corrected chi connectivity index (χ4v) is 7.65. The van der Waals surface area contributed by atoms with E-state index < -0.39 is 59.6 Å². The van der Waals surface area contributed by atoms with E-state index >= 15 is 0 Å². The molecule has 0 bridgehead atoms. The van der Waals surface area contributed by atoms with Gasteiger partial charge in [0.1, 0.15) is 30.0 Å². The fraction of sp³-hybridized carbons (Fsp3) is 0.500. The normalized spacial score (nSPS) is 23.2. The fourth-order valence-electron chi connectivity index (χ4n) is 7.65. The van der Waals surface area contributed by atoms with Gasteiger partial charge in [-0.05, 0) is 74.9 Å². The van der Waals surface area contributed by atoms with E-state index in [1.807, 2.05) is 24.3 Å². The van der Waals surface area contributed by atoms with Crippen molar-refractivity contribution in [2.75, 3.05) is 27.2 Å². The molecule has 5 atom stereocenters. The third kappa shape index (κ3) is 9.34. The van der Waals surface area contributed by atoms with Gasteiger partial charge >= 0.3 is 11.9 Å². The van der Waals surface area contributed by atoms with Crippen LogP contribution in [0.15, 0.2) is 66.3 Å². The molecule has 2 aromatic carbocycles. The second-order valence-corrected chi connectivity index (χ2v) is 15.9. The van der Waals surface area contributed by atoms with Crippen LogP contribution in [0.4, 0.5) is 0 Å². The predicted octanol–water partition coefficient (Wildman–Crippen LogP) is 3.51. The number of likely N-dealkylation sites (N-methyl/N-ethyl adjacent to an activating group) is 1. The van der Waals surface area contributed by atoms with E-state index in [0.717, 1.165) is 11.1 Å². The van der Waals surface area contributed by atoms with Gasteiger partial charge in [0.15, 0.2) is 5.79 Å². The number of esters is 2. The quantitative estimate of drug-likeness (QED) is 0.257. The molecule has 2 aliphatic carbocycles. The van der Waals surface area contributed by atoms with E-state index in [0.29, 0.717) is 43.4 Å². The first-order valence-electron chi connectivity index (χ1n) is 18.9. The second-order valence-electron chi connectivity index (χ2n) is 15.9. The maximum absolute atomic E-state index is 14.3. The number of fused-ring (bicyclic) bond motifs is 2. The Morgan fingerprint density at radius 2 is 1.73 bits per heavy atom. The highest BCUT2D eigenvalue weighted by atomic mass is 16.8. The van der Waals surface area contributed by atoms with Gasteiger partial charge in [-0.1, -0.05) is 42.5 Å². The maximum atomic E-state index is 14.3. The van der Waals surface area contributed by atoms with Crippen molar-refractivity contribution in [2.24, 2.45) is 0 Å². The van der Waals surface area contributed by atoms with Crippen molar-refractivity contribution < 1.29 is 48.0 Å². The van der Waals surface area contributed by atoms with Crippen LogP contribution < -0.4 is 5.32 Å². The zero-order valence-corrected chi connectivity index (χ0v) is 32.1. The van der Waals surface area contributed by atoms with Crippen molar-refractivity contribution >= 4 is 35.7 Å². The highest BCUT2D eigenvalue weighted by Gasteiger charge is 2.55. The van der Waals surface area contributed by atoms with Crippen LogP contribution in [0.2, 0.25) is 0 Å². The Morgan fingerprint density at radius 3 is 2.40 bits per heavy atom. The molecule has 3 amide bonds. The Labute approximate surface area is 321 Å². The van der Waals surface area contributed by atoms with Crippen LogP contribution in [0.25, 0.3) is 6.08 Å². The smallest absolute Gasteiger partial charge is 0.339 e. The summed E-state index contributed by atoms with van der Waals surface area (Å²) >= 11 is 0. The minimum absolute atomic E-state index is 0.00918. The number of rotatable bonds is 11. The number of nitrogens with zero attached hydrogens (tertiary/aromatic N) is 2. The molecule has 2 aromatic rings. The lowest BCUT2D eigenvalue weighted by atomic mass is 9.91. The number of hydrogen-bond acceptors (Lipinski definition) is 10. The average molecular weight is 758 g/mol. The summed E-state index contributed by atoms with van der Waals surface area (Å²) in [6.45, 7) is 5.25. The summed E-state index contributed by atoms with van der Waals surface area (Å²) in [6, 6.07) is 13.3. The van der Waals surface area contributed by atoms with E-state index in [9.17, 15) is 29.1 Å². The molecule has 2 aliphatic heterocycles. The topological polar surface area (TPSA) is 161 Å². The highest BCUT2D eigenvalue weighted by molar-refractivity contribution is 5.99. The van der Waals surface area contributed by atoms with Gasteiger partial charge in [-0.25, -0.2) is 4.79 Å². The van der Waals surface area contributed by atoms with Gasteiger partial charge in [0, 0.05) is 58.0 Å². The van der Waals surface area contributed by atoms with Crippen LogP contribution in [0, 0.1) is 0 Å². The van der Waals surface area contributed by atoms with Crippen LogP contribution in [0.3, 0.4) is 0 Å². The van der Waals surface area contributed by atoms with Crippen molar-refractivity contribution in [3.63, 3.8) is 0 Å². The van der Waals surface area contributed by atoms with Crippen LogP contribution in [0.1, 0.15) is 79.9 Å². The number of aliphatic hydroxyl groups excluding tert-OH is 1. The van der Waals surface area contributed by atoms with Crippen molar-refractivity contribution in [2.45, 2.75) is 108 Å². The van der Waals surface area contributed by atoms with Gasteiger partial charge in [-0.3, -0.25) is 19.2 Å². The Balaban J connectivity index is 1.20. The van der Waals surface area contributed by atoms with Crippen LogP contribution in [0.5, 0.6) is 0 Å². The SMILES string of the molecule is CN(C)C(=O)C=Cc1ccccc1C(=O)OC1CC(C(=O)N2CCCC2C(=O)NC(CO)CCC(=O)OC(C)(C)C)=CC2OC3(Cc4ccccc4C3)OC21. The first-order chi connectivity index (χ1) is 26.1. The molecule has 55 heavy (non-hydrogen) atoms. The van der Waals surface area contributed by atoms with Crippen molar-refractivity contribution in [1.29, 1.82) is 0 Å². The minimum Gasteiger partial charge on any atom is -0.460 e. The highest BCUT2D eigenvalue weighted by Crippen LogP contribution is 2.45. The molecular formula is C42H51N3O10. The number of hydrogen-bond donors (Lipinski definition) is 2. The molecule has 13 heteroatoms. The summed E-state index contributed by atoms with van der Waals surface area (Å²) < 4.78 is 24.8. The molecule has 4 aliphatic rings. The maximum Gasteiger partial charge on any atom is 0.339 e. The Morgan fingerprint density at radius 1 is 1.04 bits per heavy atom. The van der Waals surface area contributed by atoms with E-state index in [1.54, 1.807) is 71.3 Å². The van der Waals surface area contributed by atoms with E-state index in [-0.39, 0.29) is 43.2 Å². The number of amides is 3. The van der Waals surface area contributed by atoms with Crippen molar-refractivity contribution in [1.82, 2.24) is 15.1 Å². The Hall–Kier alpha value is -4.85. The summed E-state index contributed by atoms with van der Waals surface area (Å²) in [7, 11) is 3.27. The zero-order chi connectivity index (χ0) is 39.5. The number of likely N-dealkylation sites (tertiary alicyclic amines) is 1. The third-order valence-electron chi connectivity index (χ3n) is 10.3. The average Bonchev–Trinajstić information content (AvgIpc) is 3.87. The molecule has 5 unspecified atom stereocenters. The van der Waals surface area contributed by atoms with Crippen LogP contribution in [-0.4, -0.2) is 114 Å². The Kier molecular flexibility index (Phi) is 11.9. The molecule has 0 radical (unpaired) electrons. The molecule has 13 nitrogen and oxygen atoms in total. The second kappa shape index (κ2) is 16.5. The number of carbonyl (C=O) groups is 5. The number of aliphatic hydroxyl groups is 1. The molecule has 0 aromatic heterocycles. The minimum atomic E-state index is -0.999. The van der Waals surface area contributed by atoms with Crippen LogP contribution >= 0.6 is 0 Å². The standard InChI is InChI=1S/C42H51N3O10/c1-41(2,3)54-36(48)19-17-30(25-46)43-38(49)32-15-10-20-45(32)39(50)29-21-33(52-40(51)31-14-9-8-11-26(31)16-18-35(47)44(4)5)37-34(22-29)53-42(55-37)23-27-12-6-7-13-28(27)24-42/h6-9,11-14,16,18,22,30,32-34,37,46H,10,15,17,19-21,23-25H2,1-5H3,(H,43,49). The van der Waals surface area contributed by atoms with E-state index in [4.69, 9.17) is 18.9 Å². The number of ether oxygens (including phenoxy) is 4. The lowest BCUT2D eigenvalue weighted by molar-refractivity contribution is -0.172. The van der Waals surface area contributed by atoms with Crippen molar-refractivity contribution in [3.05, 3.63) is 88.5 Å². The predicted molar refractivity (Wildman–Crippen MR) is 201 cm³/mol. The van der Waals surface area contributed by atoms with Gasteiger partial charge in [-0.15, -0.1) is 0 Å². The summed E-state index contributed by atoms with van der Waals surface area (Å²) in [5, 5.41) is 12.8. The van der Waals surface area contributed by atoms with Crippen molar-refractivity contribution in [3.8, 4) is 0 Å². The molecular weight excluding hydrogens is 706 g/mol. The van der Waals surface area contributed by atoms with Gasteiger partial charge < -0.3 is 39.2 Å². The molecule has 2 heterocycles. The largest absolute Gasteiger partial charge is 0.460 e. The van der Waals surface area contributed by atoms with E-state index in [1.165, 1.54) is 15.9 Å². The number of nitrogens with one attached hydrogen (secondary N) is 1. The molecule has 0 saturated carbocycles. The van der Waals surface area contributed by atoms with E-state index in [2.05, 4.69) is 5.32 Å². The summed E-state index contributed by atoms with van der Waals surface area (Å²) in [5.74, 6) is -3.12. The number of benzene rings is 2. The van der Waals surface area contributed by atoms with Gasteiger partial charge in [0.25, 0.3) is 0 Å². The summed E-state index contributed by atoms with van der Waals surface area (Å²) in [5.41, 5.74) is 2.61. The zero-order valence-electron chi connectivity index (χ0n) is 32.1. The Bertz CT molecular complexity index is 1840. The summed E-state index contributed by atoms with van der Waals surface area (Å²) in [4.78, 5) is 69.3. The van der Waals surface area contributed by atoms with Crippen LogP contribution in [-0.2, 0) is 51.0 Å². The summed E-state index contributed by atoms with van der Waals surface area (Å²) in [6.07, 6.45) is 4.55. The van der Waals surface area contributed by atoms with Gasteiger partial charge in [-0.2, -0.15) is 0 Å². The lowest BCUT2D eigenvalue weighted by Gasteiger charge is -2.33. The molecule has 2 saturated heterocycles. The molecule has 294 valence electrons. The lowest BCUT2D eigenvalue weighted by Crippen LogP contribution is -2.51. The molecule has 6 rings (SSSR count). The number of carbonyl (C=O) groups excluding carboxylic acids is 5. The molecule has 2 N–H and O–H groups in total. The first kappa shape index (κ1) is 39.8. The molecule has 2 fully saturated rings. The first-order valence-corrected chi connectivity index (χ1v) is 18.9. The van der Waals surface area contributed by atoms with Gasteiger partial charge in [0.2, 0.25) is 17.7 Å².